The molecule has 0 saturated heterocycles. The third kappa shape index (κ3) is 5.06. The van der Waals surface area contributed by atoms with Gasteiger partial charge in [0, 0.05) is 6.54 Å². The van der Waals surface area contributed by atoms with Crippen molar-refractivity contribution in [3.8, 4) is 5.75 Å². The van der Waals surface area contributed by atoms with E-state index in [-0.39, 0.29) is 6.54 Å². The van der Waals surface area contributed by atoms with E-state index in [9.17, 15) is 14.0 Å². The number of halogens is 1. The molecule has 0 fully saturated rings. The number of hydrogen-bond acceptors (Lipinski definition) is 3. The average Bonchev–Trinajstić information content (AvgIpc) is 2.39. The van der Waals surface area contributed by atoms with E-state index in [4.69, 9.17) is 9.84 Å². The largest absolute Gasteiger partial charge is 0.480 e. The van der Waals surface area contributed by atoms with Crippen LogP contribution in [0.5, 0.6) is 5.75 Å². The smallest absolute Gasteiger partial charge is 0.323 e. The molecule has 1 amide bonds. The van der Waals surface area contributed by atoms with Gasteiger partial charge in [0.2, 0.25) is 0 Å². The predicted octanol–water partition coefficient (Wildman–Crippen LogP) is 2.31. The molecule has 0 heterocycles. The van der Waals surface area contributed by atoms with E-state index in [1.807, 2.05) is 6.92 Å². The molecule has 0 spiro atoms. The van der Waals surface area contributed by atoms with Gasteiger partial charge in [-0.1, -0.05) is 6.92 Å². The zero-order chi connectivity index (χ0) is 16.0. The number of carboxylic acid groups (broad SMARTS) is 1. The molecule has 1 N–H and O–H groups in total. The highest BCUT2D eigenvalue weighted by Crippen LogP contribution is 2.20. The van der Waals surface area contributed by atoms with Gasteiger partial charge in [0.25, 0.3) is 5.91 Å². The van der Waals surface area contributed by atoms with E-state index < -0.39 is 23.3 Å². The summed E-state index contributed by atoms with van der Waals surface area (Å²) in [5, 5.41) is 8.87. The lowest BCUT2D eigenvalue weighted by Crippen LogP contribution is -2.50. The van der Waals surface area contributed by atoms with Crippen LogP contribution in [0.15, 0.2) is 24.3 Å². The summed E-state index contributed by atoms with van der Waals surface area (Å²) in [5.41, 5.74) is -1.23. The zero-order valence-corrected chi connectivity index (χ0v) is 12.4. The highest BCUT2D eigenvalue weighted by molar-refractivity contribution is 5.87. The number of ether oxygens (including phenoxy) is 1. The van der Waals surface area contributed by atoms with Crippen LogP contribution in [0.2, 0.25) is 0 Å². The maximum Gasteiger partial charge on any atom is 0.323 e. The molecule has 0 unspecified atom stereocenters. The topological polar surface area (TPSA) is 66.8 Å². The van der Waals surface area contributed by atoms with Gasteiger partial charge in [0.1, 0.15) is 18.1 Å². The second kappa shape index (κ2) is 7.06. The molecule has 6 heteroatoms. The number of aliphatic carboxylic acids is 1. The number of benzene rings is 1. The van der Waals surface area contributed by atoms with Crippen molar-refractivity contribution in [2.75, 3.05) is 13.1 Å². The van der Waals surface area contributed by atoms with Crippen molar-refractivity contribution < 1.29 is 23.8 Å². The number of nitrogens with zero attached hydrogens (tertiary/aromatic N) is 1. The van der Waals surface area contributed by atoms with Crippen LogP contribution in [0, 0.1) is 5.82 Å². The van der Waals surface area contributed by atoms with Crippen LogP contribution < -0.4 is 4.74 Å². The first-order chi connectivity index (χ1) is 9.76. The Bertz CT molecular complexity index is 499. The van der Waals surface area contributed by atoms with Crippen molar-refractivity contribution in [3.63, 3.8) is 0 Å². The number of carbonyl (C=O) groups excluding carboxylic acids is 1. The maximum atomic E-state index is 12.9. The van der Waals surface area contributed by atoms with Gasteiger partial charge < -0.3 is 14.7 Å². The molecule has 1 aromatic carbocycles. The highest BCUT2D eigenvalue weighted by Gasteiger charge is 2.34. The van der Waals surface area contributed by atoms with E-state index in [0.29, 0.717) is 18.7 Å². The highest BCUT2D eigenvalue weighted by atomic mass is 19.1. The second-order valence-corrected chi connectivity index (χ2v) is 5.19. The van der Waals surface area contributed by atoms with E-state index in [1.54, 1.807) is 13.8 Å². The summed E-state index contributed by atoms with van der Waals surface area (Å²) in [5.74, 6) is -1.54. The molecule has 0 aliphatic heterocycles. The average molecular weight is 297 g/mol. The Morgan fingerprint density at radius 2 is 1.86 bits per heavy atom. The number of amides is 1. The molecule has 1 rings (SSSR count). The van der Waals surface area contributed by atoms with Gasteiger partial charge in [-0.25, -0.2) is 4.39 Å². The summed E-state index contributed by atoms with van der Waals surface area (Å²) in [6, 6.07) is 5.31. The summed E-state index contributed by atoms with van der Waals surface area (Å²) in [4.78, 5) is 24.5. The Labute approximate surface area is 123 Å². The van der Waals surface area contributed by atoms with Crippen molar-refractivity contribution in [1.82, 2.24) is 4.90 Å². The van der Waals surface area contributed by atoms with E-state index >= 15 is 0 Å². The molecule has 5 nitrogen and oxygen atoms in total. The standard InChI is InChI=1S/C15H20FNO4/c1-4-9-17(10-13(18)19)14(20)15(2,3)21-12-7-5-11(16)6-8-12/h5-8H,4,9-10H2,1-3H3,(H,18,19). The SMILES string of the molecule is CCCN(CC(=O)O)C(=O)C(C)(C)Oc1ccc(F)cc1. The third-order valence-corrected chi connectivity index (χ3v) is 2.81. The molecule has 0 aromatic heterocycles. The quantitative estimate of drug-likeness (QED) is 0.838. The van der Waals surface area contributed by atoms with Gasteiger partial charge in [-0.2, -0.15) is 0 Å². The Balaban J connectivity index is 2.84. The Kier molecular flexibility index (Phi) is 5.69. The Morgan fingerprint density at radius 1 is 1.29 bits per heavy atom. The number of carboxylic acids is 1. The van der Waals surface area contributed by atoms with Gasteiger partial charge >= 0.3 is 5.97 Å². The lowest BCUT2D eigenvalue weighted by atomic mass is 10.1. The minimum Gasteiger partial charge on any atom is -0.480 e. The van der Waals surface area contributed by atoms with Crippen molar-refractivity contribution >= 4 is 11.9 Å². The molecule has 0 saturated carbocycles. The summed E-state index contributed by atoms with van der Waals surface area (Å²) < 4.78 is 18.4. The van der Waals surface area contributed by atoms with Gasteiger partial charge in [0.05, 0.1) is 0 Å². The van der Waals surface area contributed by atoms with Gasteiger partial charge in [-0.3, -0.25) is 9.59 Å². The molecule has 0 bridgehead atoms. The van der Waals surface area contributed by atoms with E-state index in [1.165, 1.54) is 29.2 Å². The molecule has 1 aromatic rings. The number of hydrogen-bond donors (Lipinski definition) is 1. The Hall–Kier alpha value is -2.11. The molecule has 116 valence electrons. The third-order valence-electron chi connectivity index (χ3n) is 2.81. The fourth-order valence-electron chi connectivity index (χ4n) is 1.91. The summed E-state index contributed by atoms with van der Waals surface area (Å²) >= 11 is 0. The van der Waals surface area contributed by atoms with E-state index in [0.717, 1.165) is 0 Å². The van der Waals surface area contributed by atoms with Crippen LogP contribution in [-0.2, 0) is 9.59 Å². The normalized spacial score (nSPS) is 11.0. The fraction of sp³-hybridized carbons (Fsp3) is 0.467. The van der Waals surface area contributed by atoms with Crippen LogP contribution >= 0.6 is 0 Å². The molecule has 0 atom stereocenters. The molecule has 0 aliphatic carbocycles. The van der Waals surface area contributed by atoms with Crippen LogP contribution in [0.3, 0.4) is 0 Å². The molecule has 0 radical (unpaired) electrons. The summed E-state index contributed by atoms with van der Waals surface area (Å²) in [6.45, 7) is 4.94. The monoisotopic (exact) mass is 297 g/mol. The van der Waals surface area contributed by atoms with Crippen LogP contribution in [0.1, 0.15) is 27.2 Å². The van der Waals surface area contributed by atoms with Gasteiger partial charge in [-0.05, 0) is 44.5 Å². The van der Waals surface area contributed by atoms with Crippen molar-refractivity contribution in [2.24, 2.45) is 0 Å². The van der Waals surface area contributed by atoms with Crippen LogP contribution in [0.4, 0.5) is 4.39 Å². The maximum absolute atomic E-state index is 12.9. The van der Waals surface area contributed by atoms with Gasteiger partial charge in [0.15, 0.2) is 5.60 Å². The van der Waals surface area contributed by atoms with Crippen molar-refractivity contribution in [3.05, 3.63) is 30.1 Å². The van der Waals surface area contributed by atoms with Crippen LogP contribution in [0.25, 0.3) is 0 Å². The number of carbonyl (C=O) groups is 2. The minimum atomic E-state index is -1.23. The fourth-order valence-corrected chi connectivity index (χ4v) is 1.91. The summed E-state index contributed by atoms with van der Waals surface area (Å²) in [6.07, 6.45) is 0.644. The number of rotatable bonds is 7. The van der Waals surface area contributed by atoms with E-state index in [2.05, 4.69) is 0 Å². The molecule has 0 aliphatic rings. The lowest BCUT2D eigenvalue weighted by Gasteiger charge is -2.31. The molecular formula is C15H20FNO4. The first-order valence-electron chi connectivity index (χ1n) is 6.72. The van der Waals surface area contributed by atoms with Crippen LogP contribution in [-0.4, -0.2) is 40.6 Å². The molecular weight excluding hydrogens is 277 g/mol. The zero-order valence-electron chi connectivity index (χ0n) is 12.4. The first kappa shape index (κ1) is 16.9. The van der Waals surface area contributed by atoms with Crippen molar-refractivity contribution in [1.29, 1.82) is 0 Å². The summed E-state index contributed by atoms with van der Waals surface area (Å²) in [7, 11) is 0. The van der Waals surface area contributed by atoms with Gasteiger partial charge in [-0.15, -0.1) is 0 Å². The lowest BCUT2D eigenvalue weighted by molar-refractivity contribution is -0.152. The predicted molar refractivity (Wildman–Crippen MR) is 75.6 cm³/mol. The Morgan fingerprint density at radius 3 is 2.33 bits per heavy atom. The second-order valence-electron chi connectivity index (χ2n) is 5.19. The van der Waals surface area contributed by atoms with Crippen molar-refractivity contribution in [2.45, 2.75) is 32.8 Å². The molecule has 21 heavy (non-hydrogen) atoms. The minimum absolute atomic E-state index is 0.335. The first-order valence-corrected chi connectivity index (χ1v) is 6.72.